The molecule has 0 aliphatic carbocycles. The van der Waals surface area contributed by atoms with Crippen LogP contribution in [-0.4, -0.2) is 15.3 Å². The van der Waals surface area contributed by atoms with Gasteiger partial charge in [0.25, 0.3) is 0 Å². The fraction of sp³-hybridized carbons (Fsp3) is 0. The number of para-hydroxylation sites is 1. The van der Waals surface area contributed by atoms with Gasteiger partial charge < -0.3 is 5.73 Å². The van der Waals surface area contributed by atoms with Gasteiger partial charge >= 0.3 is 0 Å². The van der Waals surface area contributed by atoms with Crippen LogP contribution in [0.3, 0.4) is 0 Å². The van der Waals surface area contributed by atoms with Crippen molar-refractivity contribution in [2.45, 2.75) is 10.1 Å². The van der Waals surface area contributed by atoms with E-state index in [0.717, 1.165) is 10.6 Å². The molecule has 0 unspecified atom stereocenters. The molecule has 4 nitrogen and oxygen atoms in total. The molecule has 0 aliphatic rings. The number of hydrogen-bond donors (Lipinski definition) is 1. The average molecular weight is 371 g/mol. The van der Waals surface area contributed by atoms with Gasteiger partial charge in [0.1, 0.15) is 5.69 Å². The Morgan fingerprint density at radius 2 is 1.37 bits per heavy atom. The van der Waals surface area contributed by atoms with Crippen molar-refractivity contribution < 1.29 is 4.79 Å². The molecular formula is C22H17N3OS. The first-order valence-electron chi connectivity index (χ1n) is 8.50. The van der Waals surface area contributed by atoms with E-state index in [-0.39, 0.29) is 11.6 Å². The number of nitrogen functional groups attached to an aromatic ring is 1. The smallest absolute Gasteiger partial charge is 0.213 e. The highest BCUT2D eigenvalue weighted by molar-refractivity contribution is 7.99. The van der Waals surface area contributed by atoms with Gasteiger partial charge in [-0.2, -0.15) is 0 Å². The molecular weight excluding hydrogens is 354 g/mol. The van der Waals surface area contributed by atoms with Crippen molar-refractivity contribution >= 4 is 23.4 Å². The molecule has 0 atom stereocenters. The maximum Gasteiger partial charge on any atom is 0.213 e. The number of nitrogens with zero attached hydrogens (tertiary/aromatic N) is 2. The molecule has 2 N–H and O–H groups in total. The predicted molar refractivity (Wildman–Crippen MR) is 108 cm³/mol. The highest BCUT2D eigenvalue weighted by atomic mass is 32.2. The summed E-state index contributed by atoms with van der Waals surface area (Å²) in [5.41, 5.74) is 8.01. The summed E-state index contributed by atoms with van der Waals surface area (Å²) in [7, 11) is 0. The third-order valence-corrected chi connectivity index (χ3v) is 5.06. The van der Waals surface area contributed by atoms with Gasteiger partial charge in [0.2, 0.25) is 5.78 Å². The van der Waals surface area contributed by atoms with E-state index in [1.165, 1.54) is 11.8 Å². The topological polar surface area (TPSA) is 60.9 Å². The number of nitrogens with two attached hydrogens (primary N) is 1. The lowest BCUT2D eigenvalue weighted by Gasteiger charge is -2.11. The third-order valence-electron chi connectivity index (χ3n) is 4.09. The lowest BCUT2D eigenvalue weighted by molar-refractivity contribution is 0.103. The van der Waals surface area contributed by atoms with Crippen LogP contribution in [0.2, 0.25) is 0 Å². The van der Waals surface area contributed by atoms with E-state index in [1.807, 2.05) is 83.4 Å². The maximum absolute atomic E-state index is 13.2. The van der Waals surface area contributed by atoms with Crippen LogP contribution >= 0.6 is 11.8 Å². The van der Waals surface area contributed by atoms with Crippen LogP contribution in [0.5, 0.6) is 0 Å². The van der Waals surface area contributed by atoms with Crippen LogP contribution in [0.15, 0.2) is 101 Å². The minimum Gasteiger partial charge on any atom is -0.382 e. The first-order valence-corrected chi connectivity index (χ1v) is 9.32. The summed E-state index contributed by atoms with van der Waals surface area (Å²) in [5, 5.41) is 0.657. The zero-order chi connectivity index (χ0) is 18.6. The van der Waals surface area contributed by atoms with E-state index in [2.05, 4.69) is 4.98 Å². The van der Waals surface area contributed by atoms with Gasteiger partial charge in [-0.1, -0.05) is 78.5 Å². The Balaban J connectivity index is 1.87. The Labute approximate surface area is 161 Å². The summed E-state index contributed by atoms with van der Waals surface area (Å²) in [6.45, 7) is 0. The van der Waals surface area contributed by atoms with Crippen molar-refractivity contribution in [3.05, 3.63) is 102 Å². The number of rotatable bonds is 5. The number of imidazole rings is 1. The number of anilines is 1. The SMILES string of the molecule is Nc1nc(Sc2ccccc2)n(-c2ccccc2)c1C(=O)c1ccccc1. The zero-order valence-corrected chi connectivity index (χ0v) is 15.3. The third kappa shape index (κ3) is 3.50. The normalized spacial score (nSPS) is 10.7. The lowest BCUT2D eigenvalue weighted by atomic mass is 10.1. The second-order valence-electron chi connectivity index (χ2n) is 5.91. The van der Waals surface area contributed by atoms with E-state index < -0.39 is 0 Å². The Kier molecular flexibility index (Phi) is 4.77. The molecule has 0 radical (unpaired) electrons. The molecule has 0 fully saturated rings. The number of ketones is 1. The van der Waals surface area contributed by atoms with Gasteiger partial charge in [0.05, 0.1) is 0 Å². The number of aromatic nitrogens is 2. The monoisotopic (exact) mass is 371 g/mol. The summed E-state index contributed by atoms with van der Waals surface area (Å²) in [6.07, 6.45) is 0. The van der Waals surface area contributed by atoms with Crippen LogP contribution in [0, 0.1) is 0 Å². The highest BCUT2D eigenvalue weighted by Gasteiger charge is 2.24. The molecule has 4 rings (SSSR count). The van der Waals surface area contributed by atoms with Crippen LogP contribution in [-0.2, 0) is 0 Å². The van der Waals surface area contributed by atoms with Crippen molar-refractivity contribution in [1.29, 1.82) is 0 Å². The second-order valence-corrected chi connectivity index (χ2v) is 6.95. The number of carbonyl (C=O) groups is 1. The summed E-state index contributed by atoms with van der Waals surface area (Å²) in [6, 6.07) is 28.7. The summed E-state index contributed by atoms with van der Waals surface area (Å²) < 4.78 is 1.84. The lowest BCUT2D eigenvalue weighted by Crippen LogP contribution is -2.11. The Morgan fingerprint density at radius 3 is 2.00 bits per heavy atom. The molecule has 0 saturated carbocycles. The molecule has 0 amide bonds. The molecule has 4 aromatic rings. The minimum atomic E-state index is -0.149. The first-order chi connectivity index (χ1) is 13.2. The molecule has 0 spiro atoms. The van der Waals surface area contributed by atoms with E-state index in [4.69, 9.17) is 5.73 Å². The van der Waals surface area contributed by atoms with E-state index in [1.54, 1.807) is 12.1 Å². The Bertz CT molecular complexity index is 1060. The van der Waals surface area contributed by atoms with E-state index in [9.17, 15) is 4.79 Å². The van der Waals surface area contributed by atoms with Crippen molar-refractivity contribution in [2.24, 2.45) is 0 Å². The number of carbonyl (C=O) groups excluding carboxylic acids is 1. The van der Waals surface area contributed by atoms with Crippen molar-refractivity contribution in [3.8, 4) is 5.69 Å². The molecule has 5 heteroatoms. The van der Waals surface area contributed by atoms with Gasteiger partial charge in [-0.3, -0.25) is 9.36 Å². The average Bonchev–Trinajstić information content (AvgIpc) is 3.05. The first kappa shape index (κ1) is 17.1. The number of benzene rings is 3. The maximum atomic E-state index is 13.2. The molecule has 27 heavy (non-hydrogen) atoms. The largest absolute Gasteiger partial charge is 0.382 e. The van der Waals surface area contributed by atoms with E-state index in [0.29, 0.717) is 16.4 Å². The van der Waals surface area contributed by atoms with Crippen molar-refractivity contribution in [2.75, 3.05) is 5.73 Å². The van der Waals surface area contributed by atoms with Gasteiger partial charge in [0.15, 0.2) is 11.0 Å². The zero-order valence-electron chi connectivity index (χ0n) is 14.4. The molecule has 0 bridgehead atoms. The summed E-state index contributed by atoms with van der Waals surface area (Å²) in [4.78, 5) is 18.7. The standard InChI is InChI=1S/C22H17N3OS/c23-21-19(20(26)16-10-4-1-5-11-16)25(17-12-6-2-7-13-17)22(24-21)27-18-14-8-3-9-15-18/h1-15H,23H2. The fourth-order valence-electron chi connectivity index (χ4n) is 2.84. The van der Waals surface area contributed by atoms with Crippen molar-refractivity contribution in [1.82, 2.24) is 9.55 Å². The summed E-state index contributed by atoms with van der Waals surface area (Å²) in [5.74, 6) is 0.0792. The minimum absolute atomic E-state index is 0.149. The molecule has 3 aromatic carbocycles. The highest BCUT2D eigenvalue weighted by Crippen LogP contribution is 2.33. The van der Waals surface area contributed by atoms with Crippen LogP contribution in [0.1, 0.15) is 16.1 Å². The van der Waals surface area contributed by atoms with Gasteiger partial charge in [-0.15, -0.1) is 0 Å². The fourth-order valence-corrected chi connectivity index (χ4v) is 3.78. The second kappa shape index (κ2) is 7.51. The van der Waals surface area contributed by atoms with Crippen molar-refractivity contribution in [3.63, 3.8) is 0 Å². The molecule has 132 valence electrons. The van der Waals surface area contributed by atoms with Gasteiger partial charge in [-0.25, -0.2) is 4.98 Å². The molecule has 0 aliphatic heterocycles. The van der Waals surface area contributed by atoms with Crippen LogP contribution in [0.4, 0.5) is 5.82 Å². The predicted octanol–water partition coefficient (Wildman–Crippen LogP) is 4.84. The summed E-state index contributed by atoms with van der Waals surface area (Å²) >= 11 is 1.48. The van der Waals surface area contributed by atoms with Gasteiger partial charge in [-0.05, 0) is 24.3 Å². The number of hydrogen-bond acceptors (Lipinski definition) is 4. The Hall–Kier alpha value is -3.31. The van der Waals surface area contributed by atoms with Gasteiger partial charge in [0, 0.05) is 16.1 Å². The van der Waals surface area contributed by atoms with Crippen LogP contribution in [0.25, 0.3) is 5.69 Å². The van der Waals surface area contributed by atoms with Crippen LogP contribution < -0.4 is 5.73 Å². The molecule has 1 heterocycles. The quantitative estimate of drug-likeness (QED) is 0.510. The Morgan fingerprint density at radius 1 is 0.815 bits per heavy atom. The van der Waals surface area contributed by atoms with E-state index >= 15 is 0 Å². The molecule has 1 aromatic heterocycles. The molecule has 0 saturated heterocycles.